The van der Waals surface area contributed by atoms with Crippen LogP contribution in [-0.2, 0) is 17.8 Å². The number of hydrogen-bond acceptors (Lipinski definition) is 3. The molecule has 1 unspecified atom stereocenters. The Morgan fingerprint density at radius 3 is 2.75 bits per heavy atom. The van der Waals surface area contributed by atoms with Crippen LogP contribution < -0.4 is 4.74 Å². The quantitative estimate of drug-likeness (QED) is 0.510. The molecule has 1 N–H and O–H groups in total. The number of rotatable bonds is 7. The molecule has 5 nitrogen and oxygen atoms in total. The molecular weight excluding hydrogens is 422 g/mol. The molecule has 6 heteroatoms. The minimum absolute atomic E-state index is 0.238. The number of hydrogen-bond donors (Lipinski definition) is 1. The van der Waals surface area contributed by atoms with E-state index in [0.29, 0.717) is 11.4 Å². The highest BCUT2D eigenvalue weighted by Gasteiger charge is 2.28. The van der Waals surface area contributed by atoms with E-state index in [1.807, 2.05) is 36.9 Å². The first-order chi connectivity index (χ1) is 15.5. The summed E-state index contributed by atoms with van der Waals surface area (Å²) in [6, 6.07) is 14.3. The van der Waals surface area contributed by atoms with Crippen LogP contribution in [0.25, 0.3) is 10.9 Å². The summed E-state index contributed by atoms with van der Waals surface area (Å²) < 4.78 is 5.31. The molecule has 1 aromatic heterocycles. The molecule has 2 heterocycles. The van der Waals surface area contributed by atoms with Crippen LogP contribution in [-0.4, -0.2) is 54.0 Å². The Morgan fingerprint density at radius 2 is 2.00 bits per heavy atom. The molecule has 1 saturated heterocycles. The van der Waals surface area contributed by atoms with Gasteiger partial charge < -0.3 is 14.6 Å². The van der Waals surface area contributed by atoms with Crippen LogP contribution >= 0.6 is 11.6 Å². The number of methoxy groups -OCH3 is 1. The Labute approximate surface area is 196 Å². The Balaban J connectivity index is 0.00000141. The van der Waals surface area contributed by atoms with Crippen LogP contribution in [0.4, 0.5) is 0 Å². The number of fused-ring (bicyclic) bond motifs is 1. The van der Waals surface area contributed by atoms with Gasteiger partial charge in [-0.2, -0.15) is 0 Å². The van der Waals surface area contributed by atoms with E-state index in [9.17, 15) is 4.79 Å². The Morgan fingerprint density at radius 1 is 1.22 bits per heavy atom. The summed E-state index contributed by atoms with van der Waals surface area (Å²) in [5.74, 6) is 0.996. The van der Waals surface area contributed by atoms with Crippen molar-refractivity contribution in [3.05, 3.63) is 64.8 Å². The smallest absolute Gasteiger partial charge is 0.224 e. The summed E-state index contributed by atoms with van der Waals surface area (Å²) in [6.45, 7) is 6.31. The molecule has 0 spiro atoms. The van der Waals surface area contributed by atoms with Crippen molar-refractivity contribution in [2.45, 2.75) is 45.7 Å². The zero-order valence-corrected chi connectivity index (χ0v) is 20.3. The van der Waals surface area contributed by atoms with Gasteiger partial charge in [0.05, 0.1) is 7.11 Å². The number of H-pyrrole nitrogens is 1. The van der Waals surface area contributed by atoms with Gasteiger partial charge in [-0.1, -0.05) is 43.6 Å². The monoisotopic (exact) mass is 455 g/mol. The minimum Gasteiger partial charge on any atom is -0.497 e. The topological polar surface area (TPSA) is 48.6 Å². The largest absolute Gasteiger partial charge is 0.497 e. The number of likely N-dealkylation sites (tertiary alicyclic amines) is 1. The molecule has 0 saturated carbocycles. The fraction of sp³-hybridized carbons (Fsp3) is 0.423. The van der Waals surface area contributed by atoms with Gasteiger partial charge in [0.15, 0.2) is 0 Å². The second kappa shape index (κ2) is 11.4. The zero-order valence-electron chi connectivity index (χ0n) is 19.5. The molecule has 1 amide bonds. The fourth-order valence-corrected chi connectivity index (χ4v) is 4.56. The van der Waals surface area contributed by atoms with Crippen molar-refractivity contribution in [3.8, 4) is 5.75 Å². The molecule has 4 rings (SSSR count). The van der Waals surface area contributed by atoms with Gasteiger partial charge in [-0.3, -0.25) is 9.69 Å². The molecule has 172 valence electrons. The van der Waals surface area contributed by atoms with Gasteiger partial charge in [-0.15, -0.1) is 0 Å². The third-order valence-corrected chi connectivity index (χ3v) is 6.26. The number of aromatic amines is 1. The maximum absolute atomic E-state index is 12.8. The van der Waals surface area contributed by atoms with Crippen LogP contribution in [0.1, 0.15) is 37.8 Å². The second-order valence-corrected chi connectivity index (χ2v) is 8.49. The number of halogens is 1. The van der Waals surface area contributed by atoms with Crippen LogP contribution in [0.3, 0.4) is 0 Å². The number of piperidine rings is 1. The highest BCUT2D eigenvalue weighted by Crippen LogP contribution is 2.24. The van der Waals surface area contributed by atoms with Gasteiger partial charge >= 0.3 is 0 Å². The Kier molecular flexibility index (Phi) is 8.60. The molecule has 0 bridgehead atoms. The third kappa shape index (κ3) is 5.84. The van der Waals surface area contributed by atoms with Gasteiger partial charge in [-0.25, -0.2) is 0 Å². The van der Waals surface area contributed by atoms with Crippen LogP contribution in [0.5, 0.6) is 5.75 Å². The summed E-state index contributed by atoms with van der Waals surface area (Å²) in [4.78, 5) is 20.4. The number of nitrogens with one attached hydrogen (secondary N) is 1. The fourth-order valence-electron chi connectivity index (χ4n) is 4.32. The van der Waals surface area contributed by atoms with Crippen molar-refractivity contribution in [3.63, 3.8) is 0 Å². The summed E-state index contributed by atoms with van der Waals surface area (Å²) in [6.07, 6.45) is 4.48. The number of benzene rings is 2. The summed E-state index contributed by atoms with van der Waals surface area (Å²) in [7, 11) is 3.72. The lowest BCUT2D eigenvalue weighted by Gasteiger charge is -2.36. The lowest BCUT2D eigenvalue weighted by Crippen LogP contribution is -2.46. The Hall–Kier alpha value is -2.50. The molecule has 1 atom stereocenters. The number of amides is 1. The van der Waals surface area contributed by atoms with Gasteiger partial charge in [-0.05, 0) is 55.3 Å². The van der Waals surface area contributed by atoms with Crippen molar-refractivity contribution in [2.75, 3.05) is 27.2 Å². The molecule has 0 aliphatic carbocycles. The highest BCUT2D eigenvalue weighted by molar-refractivity contribution is 6.30. The lowest BCUT2D eigenvalue weighted by atomic mass is 10.0. The SMILES string of the molecule is CC.COc1cc(Cl)cc(CN(C)C2CCN(CCc3c[nH]c4ccccc34)C(=O)C2)c1. The van der Waals surface area contributed by atoms with Crippen molar-refractivity contribution >= 4 is 28.4 Å². The van der Waals surface area contributed by atoms with Gasteiger partial charge in [0.1, 0.15) is 5.75 Å². The molecule has 1 fully saturated rings. The maximum atomic E-state index is 12.8. The second-order valence-electron chi connectivity index (χ2n) is 8.05. The molecule has 32 heavy (non-hydrogen) atoms. The molecule has 1 aliphatic rings. The third-order valence-electron chi connectivity index (χ3n) is 6.04. The molecule has 2 aromatic carbocycles. The number of carbonyl (C=O) groups is 1. The van der Waals surface area contributed by atoms with Crippen LogP contribution in [0.15, 0.2) is 48.7 Å². The van der Waals surface area contributed by atoms with E-state index in [2.05, 4.69) is 41.3 Å². The van der Waals surface area contributed by atoms with Crippen molar-refractivity contribution in [1.82, 2.24) is 14.8 Å². The van der Waals surface area contributed by atoms with Crippen molar-refractivity contribution in [2.24, 2.45) is 0 Å². The van der Waals surface area contributed by atoms with E-state index in [1.165, 1.54) is 10.9 Å². The van der Waals surface area contributed by atoms with Gasteiger partial charge in [0.2, 0.25) is 5.91 Å². The normalized spacial score (nSPS) is 16.2. The number of aromatic nitrogens is 1. The minimum atomic E-state index is 0.238. The first kappa shape index (κ1) is 24.1. The van der Waals surface area contributed by atoms with Crippen molar-refractivity contribution in [1.29, 1.82) is 0 Å². The maximum Gasteiger partial charge on any atom is 0.224 e. The molecule has 3 aromatic rings. The van der Waals surface area contributed by atoms with Gasteiger partial charge in [0.25, 0.3) is 0 Å². The first-order valence-corrected chi connectivity index (χ1v) is 11.8. The number of nitrogens with zero attached hydrogens (tertiary/aromatic N) is 2. The number of para-hydroxylation sites is 1. The predicted molar refractivity (Wildman–Crippen MR) is 132 cm³/mol. The van der Waals surface area contributed by atoms with E-state index in [-0.39, 0.29) is 11.9 Å². The predicted octanol–water partition coefficient (Wildman–Crippen LogP) is 5.52. The first-order valence-electron chi connectivity index (χ1n) is 11.4. The average molecular weight is 456 g/mol. The van der Waals surface area contributed by atoms with E-state index in [0.717, 1.165) is 49.3 Å². The Bertz CT molecular complexity index is 1030. The summed E-state index contributed by atoms with van der Waals surface area (Å²) >= 11 is 6.19. The van der Waals surface area contributed by atoms with E-state index < -0.39 is 0 Å². The van der Waals surface area contributed by atoms with E-state index in [4.69, 9.17) is 16.3 Å². The van der Waals surface area contributed by atoms with Crippen LogP contribution in [0, 0.1) is 0 Å². The van der Waals surface area contributed by atoms with Crippen LogP contribution in [0.2, 0.25) is 5.02 Å². The van der Waals surface area contributed by atoms with Gasteiger partial charge in [0, 0.05) is 54.2 Å². The van der Waals surface area contributed by atoms with E-state index >= 15 is 0 Å². The zero-order chi connectivity index (χ0) is 23.1. The lowest BCUT2D eigenvalue weighted by molar-refractivity contribution is -0.135. The average Bonchev–Trinajstić information content (AvgIpc) is 3.22. The van der Waals surface area contributed by atoms with E-state index in [1.54, 1.807) is 13.2 Å². The molecule has 0 radical (unpaired) electrons. The highest BCUT2D eigenvalue weighted by atomic mass is 35.5. The molecular formula is C26H34ClN3O2. The number of ether oxygens (including phenoxy) is 1. The molecule has 1 aliphatic heterocycles. The van der Waals surface area contributed by atoms with Crippen molar-refractivity contribution < 1.29 is 9.53 Å². The summed E-state index contributed by atoms with van der Waals surface area (Å²) in [5.41, 5.74) is 3.51. The standard InChI is InChI=1S/C24H28ClN3O2.C2H6/c1-27(16-17-11-19(25)13-21(12-17)30-2)20-8-10-28(24(29)14-20)9-7-18-15-26-23-6-4-3-5-22(18)23;1-2/h3-6,11-13,15,20,26H,7-10,14,16H2,1-2H3;1-2H3. The summed E-state index contributed by atoms with van der Waals surface area (Å²) in [5, 5.41) is 1.91. The number of carbonyl (C=O) groups excluding carboxylic acids is 1.